The van der Waals surface area contributed by atoms with Gasteiger partial charge in [-0.1, -0.05) is 18.2 Å². The van der Waals surface area contributed by atoms with Gasteiger partial charge in [-0.2, -0.15) is 10.1 Å². The predicted molar refractivity (Wildman–Crippen MR) is 140 cm³/mol. The lowest BCUT2D eigenvalue weighted by atomic mass is 10.00. The molecule has 2 aromatic heterocycles. The van der Waals surface area contributed by atoms with Gasteiger partial charge in [0.1, 0.15) is 10.6 Å². The van der Waals surface area contributed by atoms with Gasteiger partial charge in [-0.15, -0.1) is 0 Å². The zero-order valence-electron chi connectivity index (χ0n) is 20.8. The van der Waals surface area contributed by atoms with Gasteiger partial charge in [0, 0.05) is 37.2 Å². The van der Waals surface area contributed by atoms with Crippen molar-refractivity contribution in [3.8, 4) is 22.9 Å². The average molecular weight is 521 g/mol. The summed E-state index contributed by atoms with van der Waals surface area (Å²) in [5.74, 6) is 0.667. The van der Waals surface area contributed by atoms with Crippen LogP contribution in [0.2, 0.25) is 0 Å². The summed E-state index contributed by atoms with van der Waals surface area (Å²) in [5.41, 5.74) is 4.39. The number of anilines is 2. The number of nitrogens with zero attached hydrogens (tertiary/aromatic N) is 4. The third kappa shape index (κ3) is 5.73. The molecule has 2 aromatic carbocycles. The van der Waals surface area contributed by atoms with Crippen molar-refractivity contribution in [3.63, 3.8) is 0 Å². The van der Waals surface area contributed by atoms with Crippen LogP contribution in [-0.4, -0.2) is 47.4 Å². The van der Waals surface area contributed by atoms with Crippen molar-refractivity contribution in [2.75, 3.05) is 23.3 Å². The SMILES string of the molecule is Cc1cccc(C)c1-c1cc(Oc2ccc(NC3CCOC3)cc2)nc(NS(=O)(=O)c2cnn(C)c2)n1. The highest BCUT2D eigenvalue weighted by Gasteiger charge is 2.20. The topological polar surface area (TPSA) is 120 Å². The fraction of sp³-hybridized carbons (Fsp3) is 0.269. The van der Waals surface area contributed by atoms with E-state index in [4.69, 9.17) is 9.47 Å². The molecule has 1 saturated heterocycles. The molecule has 11 heteroatoms. The number of rotatable bonds is 8. The van der Waals surface area contributed by atoms with Gasteiger partial charge >= 0.3 is 0 Å². The summed E-state index contributed by atoms with van der Waals surface area (Å²) in [6.45, 7) is 5.41. The Hall–Kier alpha value is -3.96. The first kappa shape index (κ1) is 24.7. The van der Waals surface area contributed by atoms with E-state index in [2.05, 4.69) is 25.1 Å². The zero-order valence-corrected chi connectivity index (χ0v) is 21.6. The molecule has 0 amide bonds. The second-order valence-electron chi connectivity index (χ2n) is 8.97. The minimum atomic E-state index is -3.95. The normalized spacial score (nSPS) is 15.5. The van der Waals surface area contributed by atoms with Crippen LogP contribution in [0, 0.1) is 13.8 Å². The lowest BCUT2D eigenvalue weighted by Gasteiger charge is -2.14. The van der Waals surface area contributed by atoms with Crippen molar-refractivity contribution in [2.45, 2.75) is 31.2 Å². The summed E-state index contributed by atoms with van der Waals surface area (Å²) in [7, 11) is -2.31. The molecule has 0 saturated carbocycles. The zero-order chi connectivity index (χ0) is 26.0. The first-order chi connectivity index (χ1) is 17.8. The number of sulfonamides is 1. The van der Waals surface area contributed by atoms with E-state index in [1.54, 1.807) is 13.1 Å². The summed E-state index contributed by atoms with van der Waals surface area (Å²) in [5, 5.41) is 7.38. The van der Waals surface area contributed by atoms with Crippen LogP contribution in [-0.2, 0) is 21.8 Å². The molecule has 1 aliphatic rings. The Kier molecular flexibility index (Phi) is 6.81. The van der Waals surface area contributed by atoms with Crippen LogP contribution >= 0.6 is 0 Å². The molecule has 4 aromatic rings. The molecular weight excluding hydrogens is 492 g/mol. The standard InChI is InChI=1S/C26H28N6O4S/c1-17-5-4-6-18(2)25(17)23-13-24(30-26(29-23)31-37(33,34)22-14-27-32(3)15-22)36-21-9-7-19(8-10-21)28-20-11-12-35-16-20/h4-10,13-15,20,28H,11-12,16H2,1-3H3,(H,29,30,31). The van der Waals surface area contributed by atoms with Gasteiger partial charge in [0.05, 0.1) is 24.5 Å². The highest BCUT2D eigenvalue weighted by molar-refractivity contribution is 7.92. The van der Waals surface area contributed by atoms with Crippen molar-refractivity contribution >= 4 is 21.7 Å². The summed E-state index contributed by atoms with van der Waals surface area (Å²) in [4.78, 5) is 8.89. The number of nitrogens with one attached hydrogen (secondary N) is 2. The third-order valence-corrected chi connectivity index (χ3v) is 7.32. The highest BCUT2D eigenvalue weighted by atomic mass is 32.2. The first-order valence-corrected chi connectivity index (χ1v) is 13.3. The Morgan fingerprint density at radius 3 is 2.49 bits per heavy atom. The van der Waals surface area contributed by atoms with Gasteiger partial charge in [0.25, 0.3) is 10.0 Å². The molecule has 0 spiro atoms. The predicted octanol–water partition coefficient (Wildman–Crippen LogP) is 4.29. The van der Waals surface area contributed by atoms with Crippen LogP contribution in [0.3, 0.4) is 0 Å². The number of aryl methyl sites for hydroxylation is 3. The Bertz CT molecular complexity index is 1490. The van der Waals surface area contributed by atoms with Crippen LogP contribution in [0.4, 0.5) is 11.6 Å². The summed E-state index contributed by atoms with van der Waals surface area (Å²) in [6, 6.07) is 15.4. The number of hydrogen-bond acceptors (Lipinski definition) is 8. The van der Waals surface area contributed by atoms with E-state index in [1.165, 1.54) is 17.1 Å². The fourth-order valence-corrected chi connectivity index (χ4v) is 5.14. The number of ether oxygens (including phenoxy) is 2. The maximum Gasteiger partial charge on any atom is 0.267 e. The molecule has 2 N–H and O–H groups in total. The van der Waals surface area contributed by atoms with Gasteiger partial charge in [0.15, 0.2) is 0 Å². The minimum Gasteiger partial charge on any atom is -0.439 e. The summed E-state index contributed by atoms with van der Waals surface area (Å²) in [6.07, 6.45) is 3.64. The Morgan fingerprint density at radius 1 is 1.08 bits per heavy atom. The van der Waals surface area contributed by atoms with Gasteiger partial charge in [-0.3, -0.25) is 4.68 Å². The van der Waals surface area contributed by atoms with E-state index in [9.17, 15) is 8.42 Å². The van der Waals surface area contributed by atoms with Crippen molar-refractivity contribution < 1.29 is 17.9 Å². The van der Waals surface area contributed by atoms with Crippen LogP contribution in [0.15, 0.2) is 65.8 Å². The van der Waals surface area contributed by atoms with Crippen LogP contribution in [0.5, 0.6) is 11.6 Å². The summed E-state index contributed by atoms with van der Waals surface area (Å²) < 4.78 is 41.2. The molecule has 1 fully saturated rings. The largest absolute Gasteiger partial charge is 0.439 e. The number of hydrogen-bond donors (Lipinski definition) is 2. The molecule has 0 radical (unpaired) electrons. The number of benzene rings is 2. The van der Waals surface area contributed by atoms with Crippen molar-refractivity contribution in [3.05, 3.63) is 72.1 Å². The molecule has 10 nitrogen and oxygen atoms in total. The highest BCUT2D eigenvalue weighted by Crippen LogP contribution is 2.31. The van der Waals surface area contributed by atoms with E-state index in [-0.39, 0.29) is 16.7 Å². The third-order valence-electron chi connectivity index (χ3n) is 6.03. The van der Waals surface area contributed by atoms with E-state index in [0.717, 1.165) is 35.4 Å². The lowest BCUT2D eigenvalue weighted by Crippen LogP contribution is -2.18. The maximum atomic E-state index is 12.9. The molecule has 192 valence electrons. The van der Waals surface area contributed by atoms with E-state index >= 15 is 0 Å². The smallest absolute Gasteiger partial charge is 0.267 e. The second kappa shape index (κ2) is 10.2. The maximum absolute atomic E-state index is 12.9. The molecule has 37 heavy (non-hydrogen) atoms. The molecule has 0 aliphatic carbocycles. The number of aromatic nitrogens is 4. The van der Waals surface area contributed by atoms with E-state index in [1.807, 2.05) is 56.3 Å². The van der Waals surface area contributed by atoms with Crippen molar-refractivity contribution in [2.24, 2.45) is 7.05 Å². The van der Waals surface area contributed by atoms with E-state index in [0.29, 0.717) is 24.1 Å². The quantitative estimate of drug-likeness (QED) is 0.353. The van der Waals surface area contributed by atoms with Crippen molar-refractivity contribution in [1.29, 1.82) is 0 Å². The lowest BCUT2D eigenvalue weighted by molar-refractivity contribution is 0.195. The van der Waals surface area contributed by atoms with Crippen LogP contribution in [0.25, 0.3) is 11.3 Å². The first-order valence-electron chi connectivity index (χ1n) is 11.9. The minimum absolute atomic E-state index is 0.00861. The molecule has 0 bridgehead atoms. The van der Waals surface area contributed by atoms with Crippen molar-refractivity contribution in [1.82, 2.24) is 19.7 Å². The molecular formula is C26H28N6O4S. The van der Waals surface area contributed by atoms with Gasteiger partial charge in [-0.05, 0) is 55.7 Å². The average Bonchev–Trinajstić information content (AvgIpc) is 3.52. The Balaban J connectivity index is 1.46. The molecule has 1 atom stereocenters. The van der Waals surface area contributed by atoms with Gasteiger partial charge in [0.2, 0.25) is 11.8 Å². The second-order valence-corrected chi connectivity index (χ2v) is 10.7. The summed E-state index contributed by atoms with van der Waals surface area (Å²) >= 11 is 0. The van der Waals surface area contributed by atoms with Crippen LogP contribution < -0.4 is 14.8 Å². The Morgan fingerprint density at radius 2 is 1.84 bits per heavy atom. The monoisotopic (exact) mass is 520 g/mol. The Labute approximate surface area is 215 Å². The van der Waals surface area contributed by atoms with Gasteiger partial charge < -0.3 is 14.8 Å². The van der Waals surface area contributed by atoms with Crippen LogP contribution in [0.1, 0.15) is 17.5 Å². The molecule has 5 rings (SSSR count). The van der Waals surface area contributed by atoms with E-state index < -0.39 is 10.0 Å². The fourth-order valence-electron chi connectivity index (χ4n) is 4.21. The molecule has 1 unspecified atom stereocenters. The molecule has 1 aliphatic heterocycles. The van der Waals surface area contributed by atoms with Gasteiger partial charge in [-0.25, -0.2) is 18.1 Å². The molecule has 3 heterocycles.